The maximum absolute atomic E-state index is 12.3. The molecule has 0 aromatic heterocycles. The summed E-state index contributed by atoms with van der Waals surface area (Å²) in [7, 11) is -2.82. The van der Waals surface area contributed by atoms with Crippen molar-refractivity contribution in [2.45, 2.75) is 24.3 Å². The van der Waals surface area contributed by atoms with E-state index >= 15 is 0 Å². The van der Waals surface area contributed by atoms with Gasteiger partial charge in [0.15, 0.2) is 0 Å². The molecule has 20 heavy (non-hydrogen) atoms. The van der Waals surface area contributed by atoms with E-state index in [1.54, 1.807) is 6.92 Å². The second-order valence-electron chi connectivity index (χ2n) is 4.16. The molecule has 1 aromatic carbocycles. The molecule has 0 bridgehead atoms. The van der Waals surface area contributed by atoms with Crippen LogP contribution in [0.3, 0.4) is 0 Å². The number of carbonyl (C=O) groups excluding carboxylic acids is 1. The van der Waals surface area contributed by atoms with Crippen molar-refractivity contribution in [2.75, 3.05) is 19.5 Å². The van der Waals surface area contributed by atoms with Crippen LogP contribution >= 0.6 is 0 Å². The van der Waals surface area contributed by atoms with Crippen molar-refractivity contribution in [3.63, 3.8) is 0 Å². The lowest BCUT2D eigenvalue weighted by molar-refractivity contribution is 0.0596. The Morgan fingerprint density at radius 2 is 2.15 bits per heavy atom. The molecule has 0 spiro atoms. The molecule has 0 amide bonds. The lowest BCUT2D eigenvalue weighted by atomic mass is 10.2. The number of anilines is 1. The van der Waals surface area contributed by atoms with Crippen molar-refractivity contribution >= 4 is 21.7 Å². The van der Waals surface area contributed by atoms with Crippen LogP contribution in [0.4, 0.5) is 5.69 Å². The van der Waals surface area contributed by atoms with E-state index in [4.69, 9.17) is 10.8 Å². The molecule has 0 fully saturated rings. The van der Waals surface area contributed by atoms with E-state index in [1.807, 2.05) is 0 Å². The van der Waals surface area contributed by atoms with Gasteiger partial charge in [0.25, 0.3) is 0 Å². The molecule has 8 heteroatoms. The quantitative estimate of drug-likeness (QED) is 0.507. The monoisotopic (exact) mass is 302 g/mol. The molecule has 0 aliphatic heterocycles. The van der Waals surface area contributed by atoms with Gasteiger partial charge in [-0.2, -0.15) is 0 Å². The summed E-state index contributed by atoms with van der Waals surface area (Å²) in [6.45, 7) is 1.38. The van der Waals surface area contributed by atoms with Gasteiger partial charge in [0.05, 0.1) is 24.2 Å². The number of ether oxygens (including phenoxy) is 1. The number of nitrogen functional groups attached to an aromatic ring is 1. The number of nitrogens with two attached hydrogens (primary N) is 1. The first-order valence-electron chi connectivity index (χ1n) is 5.96. The molecule has 1 rings (SSSR count). The largest absolute Gasteiger partial charge is 0.465 e. The zero-order chi connectivity index (χ0) is 15.3. The van der Waals surface area contributed by atoms with Crippen LogP contribution in [0.5, 0.6) is 0 Å². The van der Waals surface area contributed by atoms with E-state index in [1.165, 1.54) is 18.2 Å². The maximum Gasteiger partial charge on any atom is 0.339 e. The molecule has 0 radical (unpaired) electrons. The summed E-state index contributed by atoms with van der Waals surface area (Å²) in [6.07, 6.45) is 0.408. The van der Waals surface area contributed by atoms with Crippen LogP contribution in [0, 0.1) is 0 Å². The molecule has 4 N–H and O–H groups in total. The average Bonchev–Trinajstić information content (AvgIpc) is 2.43. The number of rotatable bonds is 6. The van der Waals surface area contributed by atoms with Crippen LogP contribution in [0.1, 0.15) is 23.7 Å². The Bertz CT molecular complexity index is 582. The SMILES string of the molecule is CCC(CO)NS(=O)(=O)c1cc(N)ccc1C(=O)OC. The van der Waals surface area contributed by atoms with Crippen LogP contribution < -0.4 is 10.5 Å². The summed E-state index contributed by atoms with van der Waals surface area (Å²) in [5.74, 6) is -0.776. The summed E-state index contributed by atoms with van der Waals surface area (Å²) in [4.78, 5) is 11.3. The third-order valence-electron chi connectivity index (χ3n) is 2.74. The van der Waals surface area contributed by atoms with Crippen molar-refractivity contribution in [1.82, 2.24) is 4.72 Å². The van der Waals surface area contributed by atoms with Gasteiger partial charge in [0, 0.05) is 11.7 Å². The first-order chi connectivity index (χ1) is 9.35. The highest BCUT2D eigenvalue weighted by Gasteiger charge is 2.25. The van der Waals surface area contributed by atoms with Crippen molar-refractivity contribution < 1.29 is 23.1 Å². The van der Waals surface area contributed by atoms with E-state index in [9.17, 15) is 13.2 Å². The van der Waals surface area contributed by atoms with Crippen LogP contribution in [-0.2, 0) is 14.8 Å². The second-order valence-corrected chi connectivity index (χ2v) is 5.84. The van der Waals surface area contributed by atoms with Gasteiger partial charge in [0.2, 0.25) is 10.0 Å². The van der Waals surface area contributed by atoms with Gasteiger partial charge in [0.1, 0.15) is 0 Å². The van der Waals surface area contributed by atoms with Gasteiger partial charge >= 0.3 is 5.97 Å². The Morgan fingerprint density at radius 3 is 2.65 bits per heavy atom. The topological polar surface area (TPSA) is 119 Å². The van der Waals surface area contributed by atoms with Gasteiger partial charge in [-0.25, -0.2) is 17.9 Å². The second kappa shape index (κ2) is 6.69. The highest BCUT2D eigenvalue weighted by Crippen LogP contribution is 2.20. The minimum absolute atomic E-state index is 0.109. The number of aliphatic hydroxyl groups is 1. The fraction of sp³-hybridized carbons (Fsp3) is 0.417. The van der Waals surface area contributed by atoms with E-state index in [0.29, 0.717) is 6.42 Å². The Hall–Kier alpha value is -1.64. The summed E-state index contributed by atoms with van der Waals surface area (Å²) in [5, 5.41) is 9.07. The van der Waals surface area contributed by atoms with Gasteiger partial charge in [-0.15, -0.1) is 0 Å². The molecule has 0 heterocycles. The molecule has 112 valence electrons. The van der Waals surface area contributed by atoms with Gasteiger partial charge < -0.3 is 15.6 Å². The highest BCUT2D eigenvalue weighted by molar-refractivity contribution is 7.89. The first kappa shape index (κ1) is 16.4. The Labute approximate surface area is 117 Å². The maximum atomic E-state index is 12.3. The van der Waals surface area contributed by atoms with E-state index in [2.05, 4.69) is 9.46 Å². The van der Waals surface area contributed by atoms with E-state index in [0.717, 1.165) is 7.11 Å². The smallest absolute Gasteiger partial charge is 0.339 e. The number of carbonyl (C=O) groups is 1. The Morgan fingerprint density at radius 1 is 1.50 bits per heavy atom. The average molecular weight is 302 g/mol. The fourth-order valence-electron chi connectivity index (χ4n) is 1.57. The first-order valence-corrected chi connectivity index (χ1v) is 7.45. The number of esters is 1. The third-order valence-corrected chi connectivity index (χ3v) is 4.30. The summed E-state index contributed by atoms with van der Waals surface area (Å²) >= 11 is 0. The van der Waals surface area contributed by atoms with Crippen molar-refractivity contribution in [2.24, 2.45) is 0 Å². The highest BCUT2D eigenvalue weighted by atomic mass is 32.2. The third kappa shape index (κ3) is 3.69. The number of aliphatic hydroxyl groups excluding tert-OH is 1. The molecule has 7 nitrogen and oxygen atoms in total. The molecule has 0 saturated heterocycles. The minimum Gasteiger partial charge on any atom is -0.465 e. The summed E-state index contributed by atoms with van der Waals surface area (Å²) in [5.41, 5.74) is 5.66. The summed E-state index contributed by atoms with van der Waals surface area (Å²) in [6, 6.07) is 3.25. The Kier molecular flexibility index (Phi) is 5.49. The predicted molar refractivity (Wildman–Crippen MR) is 73.7 cm³/mol. The van der Waals surface area contributed by atoms with Crippen LogP contribution in [0.2, 0.25) is 0 Å². The molecule has 1 aromatic rings. The van der Waals surface area contributed by atoms with Crippen LogP contribution in [-0.4, -0.2) is 39.3 Å². The lowest BCUT2D eigenvalue weighted by Gasteiger charge is -2.16. The zero-order valence-electron chi connectivity index (χ0n) is 11.3. The number of methoxy groups -OCH3 is 1. The predicted octanol–water partition coefficient (Wildman–Crippen LogP) is 0.105. The van der Waals surface area contributed by atoms with Gasteiger partial charge in [-0.3, -0.25) is 0 Å². The minimum atomic E-state index is -3.98. The van der Waals surface area contributed by atoms with Gasteiger partial charge in [-0.05, 0) is 24.6 Å². The molecule has 0 saturated carbocycles. The van der Waals surface area contributed by atoms with Crippen LogP contribution in [0.25, 0.3) is 0 Å². The molecule has 0 aliphatic carbocycles. The standard InChI is InChI=1S/C12H18N2O5S/c1-3-9(7-15)14-20(17,18)11-6-8(13)4-5-10(11)12(16)19-2/h4-6,9,14-15H,3,7,13H2,1-2H3. The Balaban J connectivity index is 3.29. The van der Waals surface area contributed by atoms with Crippen molar-refractivity contribution in [3.05, 3.63) is 23.8 Å². The van der Waals surface area contributed by atoms with Crippen molar-refractivity contribution in [1.29, 1.82) is 0 Å². The number of nitrogens with one attached hydrogen (secondary N) is 1. The van der Waals surface area contributed by atoms with Crippen molar-refractivity contribution in [3.8, 4) is 0 Å². The number of benzene rings is 1. The zero-order valence-corrected chi connectivity index (χ0v) is 12.1. The molecule has 0 aliphatic rings. The van der Waals surface area contributed by atoms with E-state index < -0.39 is 22.0 Å². The fourth-order valence-corrected chi connectivity index (χ4v) is 3.11. The molecular weight excluding hydrogens is 284 g/mol. The molecular formula is C12H18N2O5S. The van der Waals surface area contributed by atoms with Gasteiger partial charge in [-0.1, -0.05) is 6.92 Å². The van der Waals surface area contributed by atoms with E-state index in [-0.39, 0.29) is 22.8 Å². The molecule has 1 atom stereocenters. The normalized spacial score (nSPS) is 12.9. The number of sulfonamides is 1. The summed E-state index contributed by atoms with van der Waals surface area (Å²) < 4.78 is 31.4. The number of hydrogen-bond donors (Lipinski definition) is 3. The lowest BCUT2D eigenvalue weighted by Crippen LogP contribution is -2.37. The molecule has 1 unspecified atom stereocenters. The number of hydrogen-bond acceptors (Lipinski definition) is 6. The van der Waals surface area contributed by atoms with Crippen LogP contribution in [0.15, 0.2) is 23.1 Å².